The van der Waals surface area contributed by atoms with E-state index in [9.17, 15) is 4.79 Å². The molecule has 0 aliphatic carbocycles. The number of hydrogen-bond acceptors (Lipinski definition) is 2. The van der Waals surface area contributed by atoms with Crippen LogP contribution in [0.3, 0.4) is 0 Å². The molecule has 0 saturated carbocycles. The van der Waals surface area contributed by atoms with Crippen LogP contribution in [0.5, 0.6) is 0 Å². The number of nitrogens with zero attached hydrogens (tertiary/aromatic N) is 1. The number of nitrogens with one attached hydrogen (secondary N) is 1. The first-order valence-corrected chi connectivity index (χ1v) is 3.07. The molecule has 0 atom stereocenters. The van der Waals surface area contributed by atoms with Gasteiger partial charge in [-0.05, 0) is 20.8 Å². The second-order valence-electron chi connectivity index (χ2n) is 3.15. The summed E-state index contributed by atoms with van der Waals surface area (Å²) in [5.74, 6) is 0. The highest BCUT2D eigenvalue weighted by Gasteiger charge is 2.17. The smallest absolute Gasteiger partial charge is 0.419 e. The number of carbonyl (C=O) groups is 1. The minimum Gasteiger partial charge on any atom is -0.464 e. The summed E-state index contributed by atoms with van der Waals surface area (Å²) < 4.78 is 0. The third-order valence-electron chi connectivity index (χ3n) is 1.27. The van der Waals surface area contributed by atoms with E-state index in [0.29, 0.717) is 0 Å². The van der Waals surface area contributed by atoms with Crippen molar-refractivity contribution < 1.29 is 9.90 Å². The molecule has 0 aromatic carbocycles. The molecule has 4 heteroatoms. The fourth-order valence-electron chi connectivity index (χ4n) is 0.311. The highest BCUT2D eigenvalue weighted by molar-refractivity contribution is 5.63. The van der Waals surface area contributed by atoms with Crippen molar-refractivity contribution in [3.8, 4) is 0 Å². The van der Waals surface area contributed by atoms with Crippen molar-refractivity contribution in [2.45, 2.75) is 26.3 Å². The second kappa shape index (κ2) is 2.88. The molecule has 1 amide bonds. The number of rotatable bonds is 1. The third kappa shape index (κ3) is 3.29. The van der Waals surface area contributed by atoms with Gasteiger partial charge in [0.15, 0.2) is 0 Å². The Kier molecular flexibility index (Phi) is 2.65. The van der Waals surface area contributed by atoms with Crippen molar-refractivity contribution in [2.75, 3.05) is 7.05 Å². The average Bonchev–Trinajstić information content (AvgIpc) is 1.60. The average molecular weight is 146 g/mol. The van der Waals surface area contributed by atoms with Gasteiger partial charge in [0.2, 0.25) is 0 Å². The zero-order valence-electron chi connectivity index (χ0n) is 6.80. The number of hydrogen-bond donors (Lipinski definition) is 2. The monoisotopic (exact) mass is 146 g/mol. The quantitative estimate of drug-likeness (QED) is 0.540. The van der Waals surface area contributed by atoms with Crippen LogP contribution >= 0.6 is 0 Å². The molecule has 0 aromatic heterocycles. The van der Waals surface area contributed by atoms with Gasteiger partial charge in [0.05, 0.1) is 0 Å². The lowest BCUT2D eigenvalue weighted by Crippen LogP contribution is -2.49. The van der Waals surface area contributed by atoms with E-state index in [-0.39, 0.29) is 5.54 Å². The molecule has 0 unspecified atom stereocenters. The molecule has 2 N–H and O–H groups in total. The maximum Gasteiger partial charge on any atom is 0.419 e. The summed E-state index contributed by atoms with van der Waals surface area (Å²) in [5.41, 5.74) is 2.06. The van der Waals surface area contributed by atoms with Crippen LogP contribution in [-0.4, -0.2) is 28.8 Å². The number of hydrazine groups is 1. The summed E-state index contributed by atoms with van der Waals surface area (Å²) in [7, 11) is 1.69. The minimum atomic E-state index is -1.03. The van der Waals surface area contributed by atoms with E-state index in [4.69, 9.17) is 5.11 Å². The third-order valence-corrected chi connectivity index (χ3v) is 1.27. The molecule has 0 rings (SSSR count). The highest BCUT2D eigenvalue weighted by atomic mass is 16.4. The first-order valence-electron chi connectivity index (χ1n) is 3.07. The molecule has 0 aliphatic heterocycles. The Morgan fingerprint density at radius 1 is 1.50 bits per heavy atom. The van der Waals surface area contributed by atoms with Gasteiger partial charge < -0.3 is 5.11 Å². The predicted molar refractivity (Wildman–Crippen MR) is 38.7 cm³/mol. The largest absolute Gasteiger partial charge is 0.464 e. The topological polar surface area (TPSA) is 52.6 Å². The van der Waals surface area contributed by atoms with Gasteiger partial charge in [0, 0.05) is 12.6 Å². The van der Waals surface area contributed by atoms with Gasteiger partial charge in [-0.3, -0.25) is 5.43 Å². The minimum absolute atomic E-state index is 0.168. The zero-order valence-corrected chi connectivity index (χ0v) is 6.80. The van der Waals surface area contributed by atoms with Gasteiger partial charge in [-0.25, -0.2) is 9.80 Å². The number of carboxylic acid groups (broad SMARTS) is 1. The van der Waals surface area contributed by atoms with Crippen LogP contribution in [0.4, 0.5) is 4.79 Å². The summed E-state index contributed by atoms with van der Waals surface area (Å²) >= 11 is 0. The molecule has 4 nitrogen and oxygen atoms in total. The van der Waals surface area contributed by atoms with E-state index < -0.39 is 6.09 Å². The summed E-state index contributed by atoms with van der Waals surface area (Å²) in [6, 6.07) is 0. The summed E-state index contributed by atoms with van der Waals surface area (Å²) in [6.45, 7) is 5.76. The van der Waals surface area contributed by atoms with Crippen molar-refractivity contribution in [3.05, 3.63) is 0 Å². The van der Waals surface area contributed by atoms with Crippen molar-refractivity contribution in [2.24, 2.45) is 0 Å². The molecular formula is C6H14N2O2. The van der Waals surface area contributed by atoms with Gasteiger partial charge >= 0.3 is 6.09 Å². The van der Waals surface area contributed by atoms with Crippen molar-refractivity contribution in [1.82, 2.24) is 10.4 Å². The SMILES string of the molecule is CN(NC(=O)O)C(C)(C)C. The molecule has 0 saturated heterocycles. The fraction of sp³-hybridized carbons (Fsp3) is 0.833. The van der Waals surface area contributed by atoms with Crippen molar-refractivity contribution in [1.29, 1.82) is 0 Å². The Morgan fingerprint density at radius 2 is 1.90 bits per heavy atom. The van der Waals surface area contributed by atoms with Crippen LogP contribution < -0.4 is 5.43 Å². The zero-order chi connectivity index (χ0) is 8.36. The molecule has 0 aliphatic rings. The van der Waals surface area contributed by atoms with E-state index in [2.05, 4.69) is 5.43 Å². The molecule has 0 aromatic rings. The Labute approximate surface area is 60.8 Å². The Morgan fingerprint density at radius 3 is 2.00 bits per heavy atom. The van der Waals surface area contributed by atoms with Crippen LogP contribution in [0.25, 0.3) is 0 Å². The number of amides is 1. The lowest BCUT2D eigenvalue weighted by molar-refractivity contribution is 0.0950. The second-order valence-corrected chi connectivity index (χ2v) is 3.15. The molecular weight excluding hydrogens is 132 g/mol. The van der Waals surface area contributed by atoms with Gasteiger partial charge in [0.25, 0.3) is 0 Å². The fourth-order valence-corrected chi connectivity index (χ4v) is 0.311. The van der Waals surface area contributed by atoms with Crippen molar-refractivity contribution >= 4 is 6.09 Å². The first kappa shape index (κ1) is 9.23. The Bertz CT molecular complexity index is 128. The van der Waals surface area contributed by atoms with Crippen LogP contribution in [0.15, 0.2) is 0 Å². The van der Waals surface area contributed by atoms with Crippen LogP contribution in [0, 0.1) is 0 Å². The van der Waals surface area contributed by atoms with Crippen LogP contribution in [0.1, 0.15) is 20.8 Å². The maximum absolute atomic E-state index is 10.1. The van der Waals surface area contributed by atoms with Gasteiger partial charge in [0.1, 0.15) is 0 Å². The molecule has 0 heterocycles. The van der Waals surface area contributed by atoms with Gasteiger partial charge in [-0.2, -0.15) is 0 Å². The van der Waals surface area contributed by atoms with Crippen LogP contribution in [0.2, 0.25) is 0 Å². The Hall–Kier alpha value is -0.770. The van der Waals surface area contributed by atoms with E-state index in [1.807, 2.05) is 20.8 Å². The van der Waals surface area contributed by atoms with Gasteiger partial charge in [-0.15, -0.1) is 0 Å². The molecule has 0 bridgehead atoms. The summed E-state index contributed by atoms with van der Waals surface area (Å²) in [6.07, 6.45) is -1.03. The summed E-state index contributed by atoms with van der Waals surface area (Å²) in [4.78, 5) is 10.1. The summed E-state index contributed by atoms with van der Waals surface area (Å²) in [5, 5.41) is 9.83. The maximum atomic E-state index is 10.1. The van der Waals surface area contributed by atoms with E-state index in [1.54, 1.807) is 7.05 Å². The molecule has 0 radical (unpaired) electrons. The lowest BCUT2D eigenvalue weighted by Gasteiger charge is -2.30. The standard InChI is InChI=1S/C6H14N2O2/c1-6(2,3)8(4)7-5(9)10/h7H,1-4H3,(H,9,10). The van der Waals surface area contributed by atoms with E-state index >= 15 is 0 Å². The van der Waals surface area contributed by atoms with Crippen molar-refractivity contribution in [3.63, 3.8) is 0 Å². The molecule has 0 fully saturated rings. The van der Waals surface area contributed by atoms with Crippen LogP contribution in [-0.2, 0) is 0 Å². The molecule has 0 spiro atoms. The van der Waals surface area contributed by atoms with E-state index in [1.165, 1.54) is 5.01 Å². The van der Waals surface area contributed by atoms with E-state index in [0.717, 1.165) is 0 Å². The predicted octanol–water partition coefficient (Wildman–Crippen LogP) is 0.899. The molecule has 10 heavy (non-hydrogen) atoms. The lowest BCUT2D eigenvalue weighted by atomic mass is 10.1. The Balaban J connectivity index is 3.85. The van der Waals surface area contributed by atoms with Gasteiger partial charge in [-0.1, -0.05) is 0 Å². The normalized spacial score (nSPS) is 11.7. The first-order chi connectivity index (χ1) is 4.34. The highest BCUT2D eigenvalue weighted by Crippen LogP contribution is 2.06. The molecule has 60 valence electrons.